The average Bonchev–Trinajstić information content (AvgIpc) is 3.11. The molecule has 0 radical (unpaired) electrons. The van der Waals surface area contributed by atoms with Crippen molar-refractivity contribution in [3.05, 3.63) is 78.2 Å². The van der Waals surface area contributed by atoms with E-state index in [1.54, 1.807) is 36.4 Å². The molecule has 0 aliphatic carbocycles. The van der Waals surface area contributed by atoms with Crippen molar-refractivity contribution in [2.24, 2.45) is 0 Å². The number of rotatable bonds is 3. The van der Waals surface area contributed by atoms with Crippen molar-refractivity contribution in [1.82, 2.24) is 15.0 Å². The Morgan fingerprint density at radius 2 is 1.79 bits per heavy atom. The van der Waals surface area contributed by atoms with Crippen LogP contribution in [-0.2, 0) is 6.18 Å². The lowest BCUT2D eigenvalue weighted by Gasteiger charge is -2.11. The molecule has 0 aliphatic rings. The molecule has 0 bridgehead atoms. The van der Waals surface area contributed by atoms with Crippen LogP contribution in [0.3, 0.4) is 0 Å². The molecule has 0 atom stereocenters. The molecule has 2 N–H and O–H groups in total. The number of aromatic amines is 1. The van der Waals surface area contributed by atoms with Gasteiger partial charge in [-0.25, -0.2) is 4.98 Å². The summed E-state index contributed by atoms with van der Waals surface area (Å²) in [6, 6.07) is 13.5. The van der Waals surface area contributed by atoms with E-state index in [2.05, 4.69) is 20.3 Å². The maximum Gasteiger partial charge on any atom is 0.417 e. The van der Waals surface area contributed by atoms with E-state index in [1.165, 1.54) is 24.5 Å². The van der Waals surface area contributed by atoms with Crippen LogP contribution in [0.1, 0.15) is 16.1 Å². The smallest absolute Gasteiger partial charge is 0.354 e. The number of carbonyl (C=O) groups is 1. The highest BCUT2D eigenvalue weighted by Crippen LogP contribution is 2.37. The van der Waals surface area contributed by atoms with Crippen LogP contribution in [0.15, 0.2) is 67.0 Å². The normalized spacial score (nSPS) is 11.5. The first-order valence-electron chi connectivity index (χ1n) is 8.29. The Kier molecular flexibility index (Phi) is 4.31. The number of aromatic nitrogens is 3. The van der Waals surface area contributed by atoms with Gasteiger partial charge in [0.25, 0.3) is 5.91 Å². The van der Waals surface area contributed by atoms with Gasteiger partial charge in [0.15, 0.2) is 0 Å². The third-order valence-electron chi connectivity index (χ3n) is 4.17. The molecule has 0 saturated carbocycles. The fourth-order valence-electron chi connectivity index (χ4n) is 2.88. The fraction of sp³-hybridized carbons (Fsp3) is 0.0500. The summed E-state index contributed by atoms with van der Waals surface area (Å²) < 4.78 is 39.8. The third kappa shape index (κ3) is 3.44. The lowest BCUT2D eigenvalue weighted by Crippen LogP contribution is -2.14. The number of alkyl halides is 3. The number of nitrogens with zero attached hydrogens (tertiary/aromatic N) is 2. The van der Waals surface area contributed by atoms with E-state index in [-0.39, 0.29) is 17.1 Å². The molecule has 4 aromatic rings. The minimum atomic E-state index is -4.46. The molecule has 0 unspecified atom stereocenters. The van der Waals surface area contributed by atoms with Crippen LogP contribution >= 0.6 is 0 Å². The van der Waals surface area contributed by atoms with Gasteiger partial charge in [0.1, 0.15) is 11.5 Å². The van der Waals surface area contributed by atoms with Crippen LogP contribution in [-0.4, -0.2) is 20.9 Å². The molecular formula is C20H13F3N4O. The van der Waals surface area contributed by atoms with E-state index in [4.69, 9.17) is 0 Å². The highest BCUT2D eigenvalue weighted by Gasteiger charge is 2.33. The van der Waals surface area contributed by atoms with Gasteiger partial charge in [-0.05, 0) is 24.3 Å². The Balaban J connectivity index is 1.67. The van der Waals surface area contributed by atoms with Crippen molar-refractivity contribution in [1.29, 1.82) is 0 Å². The SMILES string of the molecule is O=C(Nc1cc2[nH]c(-c3ccccc3C(F)(F)F)cc2cn1)c1ccccn1. The minimum absolute atomic E-state index is 0.0465. The van der Waals surface area contributed by atoms with Crippen LogP contribution in [0.2, 0.25) is 0 Å². The van der Waals surface area contributed by atoms with E-state index in [1.807, 2.05) is 0 Å². The highest BCUT2D eigenvalue weighted by atomic mass is 19.4. The molecule has 3 heterocycles. The highest BCUT2D eigenvalue weighted by molar-refractivity contribution is 6.03. The summed E-state index contributed by atoms with van der Waals surface area (Å²) in [7, 11) is 0. The Bertz CT molecular complexity index is 1150. The lowest BCUT2D eigenvalue weighted by atomic mass is 10.0. The molecule has 1 amide bonds. The van der Waals surface area contributed by atoms with Crippen LogP contribution in [0.4, 0.5) is 19.0 Å². The molecule has 0 aliphatic heterocycles. The van der Waals surface area contributed by atoms with Crippen molar-refractivity contribution < 1.29 is 18.0 Å². The monoisotopic (exact) mass is 382 g/mol. The van der Waals surface area contributed by atoms with Gasteiger partial charge >= 0.3 is 6.18 Å². The van der Waals surface area contributed by atoms with Crippen LogP contribution in [0.5, 0.6) is 0 Å². The quantitative estimate of drug-likeness (QED) is 0.530. The topological polar surface area (TPSA) is 70.7 Å². The van der Waals surface area contributed by atoms with Crippen molar-refractivity contribution in [3.8, 4) is 11.3 Å². The van der Waals surface area contributed by atoms with Gasteiger partial charge < -0.3 is 10.3 Å². The molecule has 8 heteroatoms. The van der Waals surface area contributed by atoms with Crippen LogP contribution in [0.25, 0.3) is 22.2 Å². The van der Waals surface area contributed by atoms with Gasteiger partial charge in [0, 0.05) is 35.1 Å². The Morgan fingerprint density at radius 1 is 1.00 bits per heavy atom. The maximum absolute atomic E-state index is 13.3. The van der Waals surface area contributed by atoms with Crippen molar-refractivity contribution in [3.63, 3.8) is 0 Å². The molecular weight excluding hydrogens is 369 g/mol. The van der Waals surface area contributed by atoms with Crippen LogP contribution < -0.4 is 5.32 Å². The molecule has 0 saturated heterocycles. The van der Waals surface area contributed by atoms with Crippen molar-refractivity contribution >= 4 is 22.6 Å². The summed E-state index contributed by atoms with van der Waals surface area (Å²) in [6.45, 7) is 0. The van der Waals surface area contributed by atoms with E-state index < -0.39 is 17.6 Å². The largest absolute Gasteiger partial charge is 0.417 e. The number of benzene rings is 1. The zero-order valence-corrected chi connectivity index (χ0v) is 14.3. The summed E-state index contributed by atoms with van der Waals surface area (Å²) in [4.78, 5) is 23.3. The maximum atomic E-state index is 13.3. The number of hydrogen-bond donors (Lipinski definition) is 2. The average molecular weight is 382 g/mol. The van der Waals surface area contributed by atoms with Crippen molar-refractivity contribution in [2.45, 2.75) is 6.18 Å². The zero-order valence-electron chi connectivity index (χ0n) is 14.3. The predicted molar refractivity (Wildman–Crippen MR) is 98.7 cm³/mol. The fourth-order valence-corrected chi connectivity index (χ4v) is 2.88. The number of halogens is 3. The third-order valence-corrected chi connectivity index (χ3v) is 4.17. The Labute approximate surface area is 157 Å². The number of pyridine rings is 2. The number of hydrogen-bond acceptors (Lipinski definition) is 3. The Hall–Kier alpha value is -3.68. The number of anilines is 1. The number of nitrogens with one attached hydrogen (secondary N) is 2. The lowest BCUT2D eigenvalue weighted by molar-refractivity contribution is -0.137. The second-order valence-electron chi connectivity index (χ2n) is 6.05. The van der Waals surface area contributed by atoms with Gasteiger partial charge in [-0.3, -0.25) is 9.78 Å². The molecule has 0 spiro atoms. The Morgan fingerprint density at radius 3 is 2.54 bits per heavy atom. The summed E-state index contributed by atoms with van der Waals surface area (Å²) in [5.74, 6) is -0.165. The number of carbonyl (C=O) groups excluding carboxylic acids is 1. The van der Waals surface area contributed by atoms with E-state index in [9.17, 15) is 18.0 Å². The first kappa shape index (κ1) is 17.7. The van der Waals surface area contributed by atoms with Gasteiger partial charge in [0.05, 0.1) is 11.1 Å². The zero-order chi connectivity index (χ0) is 19.7. The molecule has 5 nitrogen and oxygen atoms in total. The summed E-state index contributed by atoms with van der Waals surface area (Å²) in [6.07, 6.45) is -1.48. The first-order valence-corrected chi connectivity index (χ1v) is 8.29. The molecule has 3 aromatic heterocycles. The van der Waals surface area contributed by atoms with Gasteiger partial charge in [0.2, 0.25) is 0 Å². The minimum Gasteiger partial charge on any atom is -0.354 e. The summed E-state index contributed by atoms with van der Waals surface area (Å²) >= 11 is 0. The number of fused-ring (bicyclic) bond motifs is 1. The number of H-pyrrole nitrogens is 1. The molecule has 28 heavy (non-hydrogen) atoms. The standard InChI is InChI=1S/C20H13F3N4O/c21-20(22,23)14-6-2-1-5-13(14)17-9-12-11-25-18(10-16(12)26-17)27-19(28)15-7-3-4-8-24-15/h1-11,26H,(H,25,27,28). The molecule has 0 fully saturated rings. The van der Waals surface area contributed by atoms with Crippen molar-refractivity contribution in [2.75, 3.05) is 5.32 Å². The van der Waals surface area contributed by atoms with Crippen LogP contribution in [0, 0.1) is 0 Å². The molecule has 4 rings (SSSR count). The second-order valence-corrected chi connectivity index (χ2v) is 6.05. The molecule has 1 aromatic carbocycles. The van der Waals surface area contributed by atoms with Gasteiger partial charge in [-0.15, -0.1) is 0 Å². The predicted octanol–water partition coefficient (Wildman–Crippen LogP) is 4.90. The van der Waals surface area contributed by atoms with Gasteiger partial charge in [-0.2, -0.15) is 13.2 Å². The first-order chi connectivity index (χ1) is 13.4. The van der Waals surface area contributed by atoms with E-state index >= 15 is 0 Å². The van der Waals surface area contributed by atoms with Gasteiger partial charge in [-0.1, -0.05) is 24.3 Å². The van der Waals surface area contributed by atoms with E-state index in [0.29, 0.717) is 16.6 Å². The second kappa shape index (κ2) is 6.80. The molecule has 140 valence electrons. The van der Waals surface area contributed by atoms with E-state index in [0.717, 1.165) is 6.07 Å². The summed E-state index contributed by atoms with van der Waals surface area (Å²) in [5, 5.41) is 3.25. The summed E-state index contributed by atoms with van der Waals surface area (Å²) in [5.41, 5.74) is 0.426. The number of amides is 1.